The van der Waals surface area contributed by atoms with Crippen molar-refractivity contribution in [3.05, 3.63) is 0 Å². The minimum atomic E-state index is 0.262. The SMILES string of the molecule is CCC1CCC(CN)C(N(CC)CCO)C1. The molecular weight excluding hydrogens is 200 g/mol. The highest BCUT2D eigenvalue weighted by Crippen LogP contribution is 2.33. The summed E-state index contributed by atoms with van der Waals surface area (Å²) in [6.07, 6.45) is 5.16. The van der Waals surface area contributed by atoms with Crippen molar-refractivity contribution in [2.24, 2.45) is 17.6 Å². The van der Waals surface area contributed by atoms with E-state index >= 15 is 0 Å². The molecule has 0 aromatic heterocycles. The van der Waals surface area contributed by atoms with Gasteiger partial charge in [-0.2, -0.15) is 0 Å². The van der Waals surface area contributed by atoms with Crippen LogP contribution in [-0.2, 0) is 0 Å². The van der Waals surface area contributed by atoms with Crippen LogP contribution in [0.2, 0.25) is 0 Å². The molecule has 3 nitrogen and oxygen atoms in total. The first-order chi connectivity index (χ1) is 7.76. The van der Waals surface area contributed by atoms with Crippen LogP contribution in [0.1, 0.15) is 39.5 Å². The molecule has 3 N–H and O–H groups in total. The van der Waals surface area contributed by atoms with E-state index in [4.69, 9.17) is 10.8 Å². The van der Waals surface area contributed by atoms with E-state index in [0.717, 1.165) is 25.6 Å². The number of nitrogens with zero attached hydrogens (tertiary/aromatic N) is 1. The number of nitrogens with two attached hydrogens (primary N) is 1. The maximum atomic E-state index is 9.11. The monoisotopic (exact) mass is 228 g/mol. The van der Waals surface area contributed by atoms with Crippen LogP contribution in [0.15, 0.2) is 0 Å². The fourth-order valence-corrected chi connectivity index (χ4v) is 3.07. The third kappa shape index (κ3) is 3.44. The number of aliphatic hydroxyl groups is 1. The van der Waals surface area contributed by atoms with Gasteiger partial charge in [0.2, 0.25) is 0 Å². The van der Waals surface area contributed by atoms with Crippen molar-refractivity contribution in [2.75, 3.05) is 26.2 Å². The van der Waals surface area contributed by atoms with Gasteiger partial charge in [-0.05, 0) is 37.8 Å². The maximum absolute atomic E-state index is 9.11. The third-order valence-electron chi connectivity index (χ3n) is 4.21. The average Bonchev–Trinajstić information content (AvgIpc) is 2.35. The van der Waals surface area contributed by atoms with Gasteiger partial charge in [0.05, 0.1) is 6.61 Å². The summed E-state index contributed by atoms with van der Waals surface area (Å²) in [7, 11) is 0. The largest absolute Gasteiger partial charge is 0.395 e. The summed E-state index contributed by atoms with van der Waals surface area (Å²) in [5.41, 5.74) is 5.88. The lowest BCUT2D eigenvalue weighted by molar-refractivity contribution is 0.0694. The van der Waals surface area contributed by atoms with E-state index in [1.807, 2.05) is 0 Å². The molecule has 3 atom stereocenters. The summed E-state index contributed by atoms with van der Waals surface area (Å²) in [4.78, 5) is 2.42. The zero-order valence-corrected chi connectivity index (χ0v) is 10.9. The van der Waals surface area contributed by atoms with Gasteiger partial charge in [-0.15, -0.1) is 0 Å². The Balaban J connectivity index is 2.61. The molecule has 3 unspecified atom stereocenters. The topological polar surface area (TPSA) is 49.5 Å². The molecule has 0 saturated heterocycles. The summed E-state index contributed by atoms with van der Waals surface area (Å²) >= 11 is 0. The van der Waals surface area contributed by atoms with Crippen LogP contribution < -0.4 is 5.73 Å². The first-order valence-electron chi connectivity index (χ1n) is 6.81. The Bertz CT molecular complexity index is 187. The van der Waals surface area contributed by atoms with Crippen LogP contribution in [0.4, 0.5) is 0 Å². The van der Waals surface area contributed by atoms with Crippen molar-refractivity contribution in [3.8, 4) is 0 Å². The summed E-state index contributed by atoms with van der Waals surface area (Å²) in [5.74, 6) is 1.50. The lowest BCUT2D eigenvalue weighted by atomic mass is 9.76. The predicted molar refractivity (Wildman–Crippen MR) is 68.3 cm³/mol. The highest BCUT2D eigenvalue weighted by Gasteiger charge is 2.32. The lowest BCUT2D eigenvalue weighted by Crippen LogP contribution is -2.47. The summed E-state index contributed by atoms with van der Waals surface area (Å²) in [6, 6.07) is 0.598. The van der Waals surface area contributed by atoms with E-state index in [1.165, 1.54) is 25.7 Å². The van der Waals surface area contributed by atoms with Gasteiger partial charge in [-0.1, -0.05) is 26.7 Å². The van der Waals surface area contributed by atoms with Crippen LogP contribution >= 0.6 is 0 Å². The molecule has 1 aliphatic carbocycles. The Kier molecular flexibility index (Phi) is 6.32. The normalized spacial score (nSPS) is 30.9. The van der Waals surface area contributed by atoms with Crippen molar-refractivity contribution in [1.29, 1.82) is 0 Å². The van der Waals surface area contributed by atoms with E-state index < -0.39 is 0 Å². The molecule has 0 radical (unpaired) electrons. The molecule has 16 heavy (non-hydrogen) atoms. The Hall–Kier alpha value is -0.120. The fourth-order valence-electron chi connectivity index (χ4n) is 3.07. The summed E-state index contributed by atoms with van der Waals surface area (Å²) in [6.45, 7) is 7.35. The molecule has 1 fully saturated rings. The molecule has 0 aromatic carbocycles. The average molecular weight is 228 g/mol. The van der Waals surface area contributed by atoms with Gasteiger partial charge in [0, 0.05) is 12.6 Å². The Morgan fingerprint density at radius 2 is 2.06 bits per heavy atom. The van der Waals surface area contributed by atoms with Crippen LogP contribution in [0.3, 0.4) is 0 Å². The smallest absolute Gasteiger partial charge is 0.0558 e. The molecule has 1 saturated carbocycles. The second-order valence-corrected chi connectivity index (χ2v) is 5.00. The van der Waals surface area contributed by atoms with E-state index in [1.54, 1.807) is 0 Å². The van der Waals surface area contributed by atoms with Crippen LogP contribution in [0.5, 0.6) is 0 Å². The molecule has 0 bridgehead atoms. The van der Waals surface area contributed by atoms with Crippen LogP contribution in [0, 0.1) is 11.8 Å². The van der Waals surface area contributed by atoms with Gasteiger partial charge in [0.1, 0.15) is 0 Å². The lowest BCUT2D eigenvalue weighted by Gasteiger charge is -2.42. The molecule has 1 rings (SSSR count). The molecule has 0 heterocycles. The Morgan fingerprint density at radius 3 is 2.56 bits per heavy atom. The zero-order valence-electron chi connectivity index (χ0n) is 10.9. The molecule has 0 spiro atoms. The molecule has 0 aromatic rings. The summed E-state index contributed by atoms with van der Waals surface area (Å²) < 4.78 is 0. The van der Waals surface area contributed by atoms with Gasteiger partial charge in [0.25, 0.3) is 0 Å². The number of hydrogen-bond acceptors (Lipinski definition) is 3. The highest BCUT2D eigenvalue weighted by atomic mass is 16.3. The van der Waals surface area contributed by atoms with Gasteiger partial charge >= 0.3 is 0 Å². The molecule has 96 valence electrons. The fraction of sp³-hybridized carbons (Fsp3) is 1.00. The number of likely N-dealkylation sites (N-methyl/N-ethyl adjacent to an activating group) is 1. The van der Waals surface area contributed by atoms with Crippen molar-refractivity contribution >= 4 is 0 Å². The van der Waals surface area contributed by atoms with Gasteiger partial charge < -0.3 is 10.8 Å². The van der Waals surface area contributed by atoms with Crippen molar-refractivity contribution < 1.29 is 5.11 Å². The second-order valence-electron chi connectivity index (χ2n) is 5.00. The molecular formula is C13H28N2O. The van der Waals surface area contributed by atoms with Crippen LogP contribution in [0.25, 0.3) is 0 Å². The maximum Gasteiger partial charge on any atom is 0.0558 e. The molecule has 0 amide bonds. The minimum absolute atomic E-state index is 0.262. The van der Waals surface area contributed by atoms with Crippen LogP contribution in [-0.4, -0.2) is 42.3 Å². The van der Waals surface area contributed by atoms with Gasteiger partial charge in [-0.3, -0.25) is 4.90 Å². The van der Waals surface area contributed by atoms with E-state index in [-0.39, 0.29) is 6.61 Å². The first-order valence-corrected chi connectivity index (χ1v) is 6.81. The van der Waals surface area contributed by atoms with Gasteiger partial charge in [0.15, 0.2) is 0 Å². The molecule has 1 aliphatic rings. The van der Waals surface area contributed by atoms with E-state index in [9.17, 15) is 0 Å². The Morgan fingerprint density at radius 1 is 1.31 bits per heavy atom. The van der Waals surface area contributed by atoms with Crippen molar-refractivity contribution in [1.82, 2.24) is 4.90 Å². The first kappa shape index (κ1) is 13.9. The molecule has 0 aliphatic heterocycles. The minimum Gasteiger partial charge on any atom is -0.395 e. The van der Waals surface area contributed by atoms with Crippen molar-refractivity contribution in [2.45, 2.75) is 45.6 Å². The molecule has 3 heteroatoms. The number of rotatable bonds is 6. The second kappa shape index (κ2) is 7.25. The van der Waals surface area contributed by atoms with E-state index in [2.05, 4.69) is 18.7 Å². The van der Waals surface area contributed by atoms with E-state index in [0.29, 0.717) is 12.0 Å². The highest BCUT2D eigenvalue weighted by molar-refractivity contribution is 4.86. The predicted octanol–water partition coefficient (Wildman–Crippen LogP) is 1.45. The summed E-state index contributed by atoms with van der Waals surface area (Å²) in [5, 5.41) is 9.11. The van der Waals surface area contributed by atoms with Gasteiger partial charge in [-0.25, -0.2) is 0 Å². The number of aliphatic hydroxyl groups excluding tert-OH is 1. The third-order valence-corrected chi connectivity index (χ3v) is 4.21. The Labute approximate surface area is 100 Å². The quantitative estimate of drug-likeness (QED) is 0.723. The standard InChI is InChI=1S/C13H28N2O/c1-3-11-5-6-12(10-14)13(9-11)15(4-2)7-8-16/h11-13,16H,3-10,14H2,1-2H3. The zero-order chi connectivity index (χ0) is 12.0. The number of hydrogen-bond donors (Lipinski definition) is 2. The van der Waals surface area contributed by atoms with Crippen molar-refractivity contribution in [3.63, 3.8) is 0 Å².